The molecule has 0 spiro atoms. The van der Waals surface area contributed by atoms with Crippen molar-refractivity contribution in [2.24, 2.45) is 5.92 Å². The van der Waals surface area contributed by atoms with Gasteiger partial charge in [-0.2, -0.15) is 0 Å². The van der Waals surface area contributed by atoms with Crippen LogP contribution in [0.15, 0.2) is 18.3 Å². The van der Waals surface area contributed by atoms with Crippen molar-refractivity contribution < 1.29 is 9.90 Å². The van der Waals surface area contributed by atoms with Gasteiger partial charge in [-0.15, -0.1) is 0 Å². The average Bonchev–Trinajstić information content (AvgIpc) is 2.30. The first-order valence-corrected chi connectivity index (χ1v) is 6.34. The molecule has 0 bridgehead atoms. The van der Waals surface area contributed by atoms with Gasteiger partial charge in [0.15, 0.2) is 0 Å². The van der Waals surface area contributed by atoms with Crippen LogP contribution in [0.2, 0.25) is 0 Å². The van der Waals surface area contributed by atoms with Crippen LogP contribution in [0.1, 0.15) is 49.3 Å². The Bertz CT molecular complexity index is 397. The lowest BCUT2D eigenvalue weighted by Crippen LogP contribution is -2.23. The molecule has 0 amide bonds. The Morgan fingerprint density at radius 1 is 1.41 bits per heavy atom. The molecule has 1 fully saturated rings. The van der Waals surface area contributed by atoms with E-state index in [1.165, 1.54) is 19.3 Å². The van der Waals surface area contributed by atoms with Gasteiger partial charge in [0.2, 0.25) is 0 Å². The van der Waals surface area contributed by atoms with Gasteiger partial charge in [-0.25, -0.2) is 0 Å². The van der Waals surface area contributed by atoms with E-state index in [0.717, 1.165) is 24.1 Å². The number of pyridine rings is 1. The summed E-state index contributed by atoms with van der Waals surface area (Å²) in [6.45, 7) is 1.91. The van der Waals surface area contributed by atoms with Gasteiger partial charge in [-0.1, -0.05) is 19.3 Å². The number of hydrogen-bond acceptors (Lipinski definition) is 2. The van der Waals surface area contributed by atoms with E-state index in [2.05, 4.69) is 4.98 Å². The van der Waals surface area contributed by atoms with Gasteiger partial charge in [-0.3, -0.25) is 9.78 Å². The second-order valence-corrected chi connectivity index (χ2v) is 4.94. The minimum absolute atomic E-state index is 0.294. The largest absolute Gasteiger partial charge is 0.481 e. The summed E-state index contributed by atoms with van der Waals surface area (Å²) in [5.41, 5.74) is 1.81. The fourth-order valence-electron chi connectivity index (χ4n) is 2.84. The van der Waals surface area contributed by atoms with Crippen molar-refractivity contribution in [3.63, 3.8) is 0 Å². The summed E-state index contributed by atoms with van der Waals surface area (Å²) in [5, 5.41) is 9.45. The number of aryl methyl sites for hydroxylation is 1. The highest BCUT2D eigenvalue weighted by Crippen LogP contribution is 2.36. The van der Waals surface area contributed by atoms with Crippen molar-refractivity contribution in [3.05, 3.63) is 29.6 Å². The number of aliphatic carboxylic acids is 1. The van der Waals surface area contributed by atoms with Crippen molar-refractivity contribution in [2.75, 3.05) is 0 Å². The van der Waals surface area contributed by atoms with E-state index >= 15 is 0 Å². The summed E-state index contributed by atoms with van der Waals surface area (Å²) < 4.78 is 0. The third kappa shape index (κ3) is 2.84. The van der Waals surface area contributed by atoms with Gasteiger partial charge in [-0.05, 0) is 43.4 Å². The summed E-state index contributed by atoms with van der Waals surface area (Å²) in [5.74, 6) is -0.748. The van der Waals surface area contributed by atoms with E-state index in [4.69, 9.17) is 0 Å². The summed E-state index contributed by atoms with van der Waals surface area (Å²) in [6.07, 6.45) is 7.37. The molecule has 1 aromatic rings. The molecule has 0 aromatic carbocycles. The number of carbonyl (C=O) groups is 1. The highest BCUT2D eigenvalue weighted by atomic mass is 16.4. The minimum atomic E-state index is -0.692. The molecule has 0 radical (unpaired) electrons. The van der Waals surface area contributed by atoms with E-state index < -0.39 is 5.97 Å². The fraction of sp³-hybridized carbons (Fsp3) is 0.571. The molecule has 3 nitrogen and oxygen atoms in total. The molecule has 1 unspecified atom stereocenters. The number of nitrogens with zero attached hydrogens (tertiary/aromatic N) is 1. The van der Waals surface area contributed by atoms with Crippen LogP contribution in [0.25, 0.3) is 0 Å². The monoisotopic (exact) mass is 233 g/mol. The molecule has 1 aromatic heterocycles. The number of aromatic nitrogens is 1. The number of carboxylic acids is 1. The van der Waals surface area contributed by atoms with Crippen molar-refractivity contribution in [1.82, 2.24) is 4.98 Å². The first kappa shape index (κ1) is 12.1. The average molecular weight is 233 g/mol. The van der Waals surface area contributed by atoms with Crippen LogP contribution in [0.3, 0.4) is 0 Å². The predicted octanol–water partition coefficient (Wildman–Crippen LogP) is 3.14. The molecule has 2 rings (SSSR count). The van der Waals surface area contributed by atoms with E-state index in [1.54, 1.807) is 6.20 Å². The Morgan fingerprint density at radius 3 is 2.71 bits per heavy atom. The molecular formula is C14H19NO2. The predicted molar refractivity (Wildman–Crippen MR) is 65.9 cm³/mol. The Labute approximate surface area is 102 Å². The Morgan fingerprint density at radius 2 is 2.12 bits per heavy atom. The van der Waals surface area contributed by atoms with Crippen molar-refractivity contribution in [3.8, 4) is 0 Å². The quantitative estimate of drug-likeness (QED) is 0.872. The molecule has 3 heteroatoms. The standard InChI is InChI=1S/C14H19NO2/c1-10-9-12(7-8-15-10)13(14(16)17)11-5-3-2-4-6-11/h7-9,11,13H,2-6H2,1H3,(H,16,17). The zero-order chi connectivity index (χ0) is 12.3. The molecular weight excluding hydrogens is 214 g/mol. The lowest BCUT2D eigenvalue weighted by atomic mass is 9.77. The van der Waals surface area contributed by atoms with Crippen molar-refractivity contribution in [1.29, 1.82) is 0 Å². The highest BCUT2D eigenvalue weighted by molar-refractivity contribution is 5.76. The molecule has 1 aliphatic rings. The molecule has 1 aliphatic carbocycles. The van der Waals surface area contributed by atoms with Crippen LogP contribution < -0.4 is 0 Å². The van der Waals surface area contributed by atoms with Crippen LogP contribution in [-0.4, -0.2) is 16.1 Å². The molecule has 1 saturated carbocycles. The van der Waals surface area contributed by atoms with Crippen LogP contribution in [0.4, 0.5) is 0 Å². The second kappa shape index (κ2) is 5.30. The Kier molecular flexibility index (Phi) is 3.77. The number of carboxylic acid groups (broad SMARTS) is 1. The summed E-state index contributed by atoms with van der Waals surface area (Å²) >= 11 is 0. The van der Waals surface area contributed by atoms with Crippen LogP contribution in [0, 0.1) is 12.8 Å². The number of rotatable bonds is 3. The molecule has 0 saturated heterocycles. The summed E-state index contributed by atoms with van der Waals surface area (Å²) in [6, 6.07) is 3.76. The van der Waals surface area contributed by atoms with Crippen molar-refractivity contribution in [2.45, 2.75) is 44.9 Å². The molecule has 1 atom stereocenters. The fourth-order valence-corrected chi connectivity index (χ4v) is 2.84. The van der Waals surface area contributed by atoms with E-state index in [1.807, 2.05) is 19.1 Å². The maximum Gasteiger partial charge on any atom is 0.311 e. The topological polar surface area (TPSA) is 50.2 Å². The first-order chi connectivity index (χ1) is 8.18. The normalized spacial score (nSPS) is 18.9. The molecule has 92 valence electrons. The van der Waals surface area contributed by atoms with Gasteiger partial charge >= 0.3 is 5.97 Å². The smallest absolute Gasteiger partial charge is 0.311 e. The zero-order valence-electron chi connectivity index (χ0n) is 10.2. The van der Waals surface area contributed by atoms with Crippen LogP contribution >= 0.6 is 0 Å². The van der Waals surface area contributed by atoms with Gasteiger partial charge in [0.05, 0.1) is 5.92 Å². The number of hydrogen-bond donors (Lipinski definition) is 1. The van der Waals surface area contributed by atoms with Gasteiger partial charge in [0.1, 0.15) is 0 Å². The zero-order valence-corrected chi connectivity index (χ0v) is 10.2. The third-order valence-corrected chi connectivity index (χ3v) is 3.67. The lowest BCUT2D eigenvalue weighted by Gasteiger charge is -2.27. The highest BCUT2D eigenvalue weighted by Gasteiger charge is 2.30. The Hall–Kier alpha value is -1.38. The third-order valence-electron chi connectivity index (χ3n) is 3.67. The lowest BCUT2D eigenvalue weighted by molar-refractivity contribution is -0.140. The minimum Gasteiger partial charge on any atom is -0.481 e. The van der Waals surface area contributed by atoms with E-state index in [9.17, 15) is 9.90 Å². The van der Waals surface area contributed by atoms with Gasteiger partial charge in [0, 0.05) is 11.9 Å². The van der Waals surface area contributed by atoms with Crippen molar-refractivity contribution >= 4 is 5.97 Å². The van der Waals surface area contributed by atoms with E-state index in [0.29, 0.717) is 5.92 Å². The van der Waals surface area contributed by atoms with Crippen LogP contribution in [-0.2, 0) is 4.79 Å². The van der Waals surface area contributed by atoms with Gasteiger partial charge < -0.3 is 5.11 Å². The maximum absolute atomic E-state index is 11.5. The molecule has 17 heavy (non-hydrogen) atoms. The SMILES string of the molecule is Cc1cc(C(C(=O)O)C2CCCCC2)ccn1. The Balaban J connectivity index is 2.25. The summed E-state index contributed by atoms with van der Waals surface area (Å²) in [7, 11) is 0. The first-order valence-electron chi connectivity index (χ1n) is 6.34. The maximum atomic E-state index is 11.5. The van der Waals surface area contributed by atoms with Crippen LogP contribution in [0.5, 0.6) is 0 Å². The molecule has 1 N–H and O–H groups in total. The van der Waals surface area contributed by atoms with E-state index in [-0.39, 0.29) is 5.92 Å². The second-order valence-electron chi connectivity index (χ2n) is 4.94. The van der Waals surface area contributed by atoms with Gasteiger partial charge in [0.25, 0.3) is 0 Å². The molecule has 1 heterocycles. The summed E-state index contributed by atoms with van der Waals surface area (Å²) in [4.78, 5) is 15.6. The molecule has 0 aliphatic heterocycles.